The molecule has 0 aliphatic rings. The Morgan fingerprint density at radius 2 is 2.07 bits per heavy atom. The molecule has 0 spiro atoms. The van der Waals surface area contributed by atoms with Crippen molar-refractivity contribution in [2.45, 2.75) is 6.42 Å². The molecular weight excluding hydrogens is 216 g/mol. The zero-order valence-electron chi connectivity index (χ0n) is 9.16. The fraction of sp³-hybridized carbons (Fsp3) is 0.778. The monoisotopic (exact) mass is 236 g/mol. The summed E-state index contributed by atoms with van der Waals surface area (Å²) in [7, 11) is -1.43. The fourth-order valence-corrected chi connectivity index (χ4v) is 1.86. The molecule has 0 aromatic rings. The molecule has 0 aliphatic carbocycles. The fourth-order valence-electron chi connectivity index (χ4n) is 0.847. The van der Waals surface area contributed by atoms with E-state index in [0.29, 0.717) is 26.3 Å². The van der Waals surface area contributed by atoms with Gasteiger partial charge in [-0.3, -0.25) is 0 Å². The van der Waals surface area contributed by atoms with Crippen molar-refractivity contribution in [3.05, 3.63) is 12.7 Å². The lowest BCUT2D eigenvalue weighted by Crippen LogP contribution is -2.33. The van der Waals surface area contributed by atoms with Gasteiger partial charge in [0.05, 0.1) is 19.0 Å². The number of hydrogen-bond donors (Lipinski definition) is 2. The molecule has 0 unspecified atom stereocenters. The van der Waals surface area contributed by atoms with Gasteiger partial charge in [0.2, 0.25) is 10.0 Å². The molecule has 0 saturated carbocycles. The molecule has 6 heteroatoms. The first kappa shape index (κ1) is 14.6. The van der Waals surface area contributed by atoms with Crippen LogP contribution in [0.3, 0.4) is 0 Å². The molecule has 0 bridgehead atoms. The van der Waals surface area contributed by atoms with Gasteiger partial charge in [-0.2, -0.15) is 0 Å². The molecule has 0 aliphatic heterocycles. The smallest absolute Gasteiger partial charge is 0.212 e. The Labute approximate surface area is 91.9 Å². The predicted octanol–water partition coefficient (Wildman–Crippen LogP) is -0.282. The minimum atomic E-state index is -3.15. The Bertz CT molecular complexity index is 252. The van der Waals surface area contributed by atoms with Gasteiger partial charge in [0.15, 0.2) is 0 Å². The van der Waals surface area contributed by atoms with E-state index in [1.165, 1.54) is 0 Å². The van der Waals surface area contributed by atoms with Crippen molar-refractivity contribution in [1.82, 2.24) is 10.0 Å². The third-order valence-corrected chi connectivity index (χ3v) is 3.04. The predicted molar refractivity (Wildman–Crippen MR) is 61.3 cm³/mol. The summed E-state index contributed by atoms with van der Waals surface area (Å²) in [6.07, 6.45) is 2.55. The van der Waals surface area contributed by atoms with Crippen molar-refractivity contribution < 1.29 is 13.2 Å². The van der Waals surface area contributed by atoms with Gasteiger partial charge in [0.1, 0.15) is 0 Å². The lowest BCUT2D eigenvalue weighted by molar-refractivity contribution is 0.144. The largest absolute Gasteiger partial charge is 0.380 e. The quantitative estimate of drug-likeness (QED) is 0.404. The van der Waals surface area contributed by atoms with E-state index in [0.717, 1.165) is 6.42 Å². The minimum absolute atomic E-state index is 0.0934. The van der Waals surface area contributed by atoms with Crippen LogP contribution in [0, 0.1) is 0 Å². The average Bonchev–Trinajstić information content (AvgIpc) is 2.20. The maximum absolute atomic E-state index is 11.3. The van der Waals surface area contributed by atoms with Crippen LogP contribution in [0.5, 0.6) is 0 Å². The third-order valence-electron chi connectivity index (χ3n) is 1.66. The van der Waals surface area contributed by atoms with E-state index in [9.17, 15) is 8.42 Å². The number of nitrogens with one attached hydrogen (secondary N) is 2. The van der Waals surface area contributed by atoms with Crippen LogP contribution in [0.15, 0.2) is 12.7 Å². The second-order valence-corrected chi connectivity index (χ2v) is 4.93. The van der Waals surface area contributed by atoms with Gasteiger partial charge in [-0.1, -0.05) is 6.08 Å². The molecule has 0 heterocycles. The van der Waals surface area contributed by atoms with E-state index in [-0.39, 0.29) is 5.75 Å². The van der Waals surface area contributed by atoms with Crippen LogP contribution in [0.2, 0.25) is 0 Å². The maximum atomic E-state index is 11.3. The first-order valence-corrected chi connectivity index (χ1v) is 6.58. The van der Waals surface area contributed by atoms with Gasteiger partial charge < -0.3 is 10.1 Å². The number of ether oxygens (including phenoxy) is 1. The average molecular weight is 236 g/mol. The number of hydrogen-bond acceptors (Lipinski definition) is 4. The lowest BCUT2D eigenvalue weighted by atomic mass is 10.5. The SMILES string of the molecule is C=CCCOCCNS(=O)(=O)CCNC. The van der Waals surface area contributed by atoms with Crippen LogP contribution in [0.4, 0.5) is 0 Å². The van der Waals surface area contributed by atoms with Crippen LogP contribution in [-0.4, -0.2) is 47.5 Å². The normalized spacial score (nSPS) is 11.5. The maximum Gasteiger partial charge on any atom is 0.212 e. The van der Waals surface area contributed by atoms with Gasteiger partial charge in [-0.05, 0) is 13.5 Å². The molecule has 5 nitrogen and oxygen atoms in total. The van der Waals surface area contributed by atoms with Crippen LogP contribution in [-0.2, 0) is 14.8 Å². The summed E-state index contributed by atoms with van der Waals surface area (Å²) in [5.74, 6) is 0.0934. The van der Waals surface area contributed by atoms with E-state index in [1.54, 1.807) is 13.1 Å². The summed E-state index contributed by atoms with van der Waals surface area (Å²) < 4.78 is 30.1. The van der Waals surface area contributed by atoms with Gasteiger partial charge in [-0.15, -0.1) is 6.58 Å². The van der Waals surface area contributed by atoms with Crippen molar-refractivity contribution in [1.29, 1.82) is 0 Å². The van der Waals surface area contributed by atoms with Crippen LogP contribution < -0.4 is 10.0 Å². The topological polar surface area (TPSA) is 67.4 Å². The molecule has 0 fully saturated rings. The first-order valence-electron chi connectivity index (χ1n) is 4.93. The Morgan fingerprint density at radius 3 is 2.67 bits per heavy atom. The van der Waals surface area contributed by atoms with Gasteiger partial charge in [-0.25, -0.2) is 13.1 Å². The van der Waals surface area contributed by atoms with E-state index in [4.69, 9.17) is 4.74 Å². The molecule has 0 atom stereocenters. The van der Waals surface area contributed by atoms with Crippen molar-refractivity contribution in [3.63, 3.8) is 0 Å². The van der Waals surface area contributed by atoms with Crippen molar-refractivity contribution >= 4 is 10.0 Å². The molecule has 0 rings (SSSR count). The minimum Gasteiger partial charge on any atom is -0.380 e. The second-order valence-electron chi connectivity index (χ2n) is 3.01. The van der Waals surface area contributed by atoms with E-state index in [2.05, 4.69) is 16.6 Å². The Balaban J connectivity index is 3.44. The number of sulfonamides is 1. The summed E-state index contributed by atoms with van der Waals surface area (Å²) in [6.45, 7) is 5.31. The van der Waals surface area contributed by atoms with Crippen LogP contribution in [0.1, 0.15) is 6.42 Å². The Hall–Kier alpha value is -0.430. The van der Waals surface area contributed by atoms with Gasteiger partial charge >= 0.3 is 0 Å². The zero-order valence-corrected chi connectivity index (χ0v) is 9.98. The first-order chi connectivity index (χ1) is 7.12. The van der Waals surface area contributed by atoms with Crippen LogP contribution in [0.25, 0.3) is 0 Å². The Morgan fingerprint density at radius 1 is 1.33 bits per heavy atom. The van der Waals surface area contributed by atoms with Gasteiger partial charge in [0, 0.05) is 13.1 Å². The second kappa shape index (κ2) is 8.84. The molecule has 2 N–H and O–H groups in total. The summed E-state index contributed by atoms with van der Waals surface area (Å²) >= 11 is 0. The summed E-state index contributed by atoms with van der Waals surface area (Å²) in [6, 6.07) is 0. The highest BCUT2D eigenvalue weighted by Crippen LogP contribution is 1.84. The van der Waals surface area contributed by atoms with Crippen molar-refractivity contribution in [3.8, 4) is 0 Å². The Kier molecular flexibility index (Phi) is 8.59. The van der Waals surface area contributed by atoms with Crippen LogP contribution >= 0.6 is 0 Å². The molecule has 0 aromatic heterocycles. The summed E-state index contributed by atoms with van der Waals surface area (Å²) in [5, 5.41) is 2.78. The molecular formula is C9H20N2O3S. The van der Waals surface area contributed by atoms with Crippen molar-refractivity contribution in [2.75, 3.05) is 39.1 Å². The standard InChI is InChI=1S/C9H20N2O3S/c1-3-4-7-14-8-5-11-15(12,13)9-6-10-2/h3,10-11H,1,4-9H2,2H3. The van der Waals surface area contributed by atoms with E-state index in [1.807, 2.05) is 0 Å². The molecule has 0 saturated heterocycles. The molecule has 0 amide bonds. The highest BCUT2D eigenvalue weighted by Gasteiger charge is 2.07. The molecule has 15 heavy (non-hydrogen) atoms. The van der Waals surface area contributed by atoms with Crippen molar-refractivity contribution in [2.24, 2.45) is 0 Å². The zero-order chi connectivity index (χ0) is 11.6. The summed E-state index contributed by atoms with van der Waals surface area (Å²) in [4.78, 5) is 0. The van der Waals surface area contributed by atoms with E-state index < -0.39 is 10.0 Å². The lowest BCUT2D eigenvalue weighted by Gasteiger charge is -2.06. The highest BCUT2D eigenvalue weighted by molar-refractivity contribution is 7.89. The third kappa shape index (κ3) is 9.86. The van der Waals surface area contributed by atoms with E-state index >= 15 is 0 Å². The number of rotatable bonds is 10. The van der Waals surface area contributed by atoms with Gasteiger partial charge in [0.25, 0.3) is 0 Å². The molecule has 0 radical (unpaired) electrons. The highest BCUT2D eigenvalue weighted by atomic mass is 32.2. The molecule has 90 valence electrons. The summed E-state index contributed by atoms with van der Waals surface area (Å²) in [5.41, 5.74) is 0. The molecule has 0 aromatic carbocycles.